The second kappa shape index (κ2) is 8.69. The van der Waals surface area contributed by atoms with E-state index in [4.69, 9.17) is 5.11 Å². The zero-order chi connectivity index (χ0) is 15.0. The molecule has 0 saturated heterocycles. The van der Waals surface area contributed by atoms with Crippen LogP contribution < -0.4 is 0 Å². The fourth-order valence-electron chi connectivity index (χ4n) is 1.75. The van der Waals surface area contributed by atoms with Crippen LogP contribution in [-0.4, -0.2) is 42.0 Å². The Labute approximate surface area is 136 Å². The molecule has 0 heterocycles. The van der Waals surface area contributed by atoms with Crippen LogP contribution in [0.25, 0.3) is 0 Å². The molecule has 0 bridgehead atoms. The predicted octanol–water partition coefficient (Wildman–Crippen LogP) is 2.94. The van der Waals surface area contributed by atoms with Gasteiger partial charge in [0.15, 0.2) is 0 Å². The van der Waals surface area contributed by atoms with Crippen LogP contribution in [-0.2, 0) is 6.42 Å². The van der Waals surface area contributed by atoms with Gasteiger partial charge < -0.3 is 5.11 Å². The normalized spacial score (nSPS) is 9.35. The predicted molar refractivity (Wildman–Crippen MR) is 79.3 cm³/mol. The first-order chi connectivity index (χ1) is 9.56. The molecular weight excluding hydrogens is 263 g/mol. The van der Waals surface area contributed by atoms with Gasteiger partial charge in [0, 0.05) is 0 Å². The summed E-state index contributed by atoms with van der Waals surface area (Å²) in [4.78, 5) is 21.3. The fraction of sp³-hybridized carbons (Fsp3) is 0.125. The maximum Gasteiger partial charge on any atom is 0.335 e. The molecular formula is C16H15NaO3. The van der Waals surface area contributed by atoms with E-state index in [0.29, 0.717) is 36.5 Å². The number of carbonyl (C=O) groups is 2. The van der Waals surface area contributed by atoms with Gasteiger partial charge in [-0.1, -0.05) is 18.2 Å². The smallest absolute Gasteiger partial charge is 0.335 e. The molecule has 0 aliphatic rings. The van der Waals surface area contributed by atoms with Crippen molar-refractivity contribution in [2.75, 3.05) is 0 Å². The number of rotatable bonds is 3. The first kappa shape index (κ1) is 16.6. The number of hydrogen-bond donors (Lipinski definition) is 1. The number of hydrogen-bond acceptors (Lipinski definition) is 2. The average molecular weight is 278 g/mol. The quantitative estimate of drug-likeness (QED) is 0.878. The summed E-state index contributed by atoms with van der Waals surface area (Å²) in [6, 6.07) is 16.1. The SMILES string of the molecule is CCc1ccccc1[C](=O)[Na].O=C(O)c1ccccc1. The summed E-state index contributed by atoms with van der Waals surface area (Å²) in [7, 11) is 0. The van der Waals surface area contributed by atoms with Crippen LogP contribution in [0.15, 0.2) is 54.6 Å². The zero-order valence-corrected chi connectivity index (χ0v) is 13.7. The first-order valence-corrected chi connectivity index (χ1v) is 7.43. The molecule has 0 saturated carbocycles. The van der Waals surface area contributed by atoms with Crippen molar-refractivity contribution in [1.29, 1.82) is 0 Å². The molecule has 20 heavy (non-hydrogen) atoms. The number of aryl methyl sites for hydroxylation is 1. The Morgan fingerprint density at radius 1 is 1.00 bits per heavy atom. The van der Waals surface area contributed by atoms with Crippen molar-refractivity contribution in [3.8, 4) is 0 Å². The third-order valence-corrected chi connectivity index (χ3v) is 3.34. The van der Waals surface area contributed by atoms with E-state index in [1.54, 1.807) is 30.3 Å². The van der Waals surface area contributed by atoms with Crippen LogP contribution in [0.5, 0.6) is 0 Å². The Balaban J connectivity index is 0.000000204. The first-order valence-electron chi connectivity index (χ1n) is 6.43. The number of carbonyl (C=O) groups excluding carboxylic acids is 1. The van der Waals surface area contributed by atoms with Crippen molar-refractivity contribution in [3.05, 3.63) is 71.3 Å². The van der Waals surface area contributed by atoms with Gasteiger partial charge in [-0.05, 0) is 12.1 Å². The van der Waals surface area contributed by atoms with Gasteiger partial charge in [0.2, 0.25) is 0 Å². The van der Waals surface area contributed by atoms with Crippen LogP contribution in [0.4, 0.5) is 0 Å². The molecule has 0 radical (unpaired) electrons. The van der Waals surface area contributed by atoms with E-state index >= 15 is 0 Å². The number of benzene rings is 2. The van der Waals surface area contributed by atoms with Crippen molar-refractivity contribution in [2.24, 2.45) is 0 Å². The maximum absolute atomic E-state index is 11.1. The molecule has 2 aromatic carbocycles. The fourth-order valence-corrected chi connectivity index (χ4v) is 2.24. The Bertz CT molecular complexity index is 579. The molecule has 98 valence electrons. The van der Waals surface area contributed by atoms with Crippen LogP contribution in [0.2, 0.25) is 0 Å². The van der Waals surface area contributed by atoms with E-state index in [-0.39, 0.29) is 0 Å². The molecule has 3 nitrogen and oxygen atoms in total. The summed E-state index contributed by atoms with van der Waals surface area (Å²) < 4.78 is 0.294. The van der Waals surface area contributed by atoms with Gasteiger partial charge in [-0.25, -0.2) is 4.79 Å². The van der Waals surface area contributed by atoms with Crippen molar-refractivity contribution in [2.45, 2.75) is 13.3 Å². The second-order valence-electron chi connectivity index (χ2n) is 4.24. The minimum Gasteiger partial charge on any atom is -0.478 e. The summed E-state index contributed by atoms with van der Waals surface area (Å²) in [5.74, 6) is -0.879. The monoisotopic (exact) mass is 278 g/mol. The molecule has 2 rings (SSSR count). The average Bonchev–Trinajstić information content (AvgIpc) is 2.48. The Hall–Kier alpha value is -1.42. The Kier molecular flexibility index (Phi) is 7.23. The van der Waals surface area contributed by atoms with Crippen LogP contribution in [0, 0.1) is 0 Å². The van der Waals surface area contributed by atoms with Gasteiger partial charge >= 0.3 is 90.5 Å². The van der Waals surface area contributed by atoms with E-state index in [9.17, 15) is 9.59 Å². The molecule has 4 heteroatoms. The van der Waals surface area contributed by atoms with E-state index in [2.05, 4.69) is 6.92 Å². The molecule has 0 fully saturated rings. The minimum atomic E-state index is -0.879. The van der Waals surface area contributed by atoms with Crippen LogP contribution in [0.1, 0.15) is 33.2 Å². The second-order valence-corrected chi connectivity index (χ2v) is 5.15. The molecule has 0 aliphatic carbocycles. The largest absolute Gasteiger partial charge is 0.478 e. The van der Waals surface area contributed by atoms with Gasteiger partial charge in [0.05, 0.1) is 5.56 Å². The molecule has 0 atom stereocenters. The number of carboxylic acid groups (broad SMARTS) is 1. The van der Waals surface area contributed by atoms with Gasteiger partial charge in [0.25, 0.3) is 0 Å². The van der Waals surface area contributed by atoms with Gasteiger partial charge in [0.1, 0.15) is 0 Å². The van der Waals surface area contributed by atoms with Crippen LogP contribution >= 0.6 is 0 Å². The van der Waals surface area contributed by atoms with Gasteiger partial charge in [-0.2, -0.15) is 0 Å². The van der Waals surface area contributed by atoms with Crippen molar-refractivity contribution in [1.82, 2.24) is 0 Å². The number of aromatic carboxylic acids is 1. The molecule has 0 aliphatic heterocycles. The van der Waals surface area contributed by atoms with E-state index in [0.717, 1.165) is 12.0 Å². The van der Waals surface area contributed by atoms with Crippen molar-refractivity contribution >= 4 is 36.9 Å². The summed E-state index contributed by atoms with van der Waals surface area (Å²) in [5, 5.41) is 8.38. The van der Waals surface area contributed by atoms with Gasteiger partial charge in [-0.3, -0.25) is 0 Å². The molecule has 0 spiro atoms. The molecule has 0 amide bonds. The molecule has 0 unspecified atom stereocenters. The van der Waals surface area contributed by atoms with Gasteiger partial charge in [-0.15, -0.1) is 0 Å². The topological polar surface area (TPSA) is 54.4 Å². The van der Waals surface area contributed by atoms with Crippen molar-refractivity contribution < 1.29 is 14.7 Å². The maximum atomic E-state index is 11.1. The summed E-state index contributed by atoms with van der Waals surface area (Å²) in [6.45, 7) is 2.07. The van der Waals surface area contributed by atoms with E-state index in [1.165, 1.54) is 5.56 Å². The summed E-state index contributed by atoms with van der Waals surface area (Å²) in [5.41, 5.74) is 2.42. The van der Waals surface area contributed by atoms with Crippen LogP contribution in [0.3, 0.4) is 0 Å². The molecule has 1 N–H and O–H groups in total. The Morgan fingerprint density at radius 2 is 1.55 bits per heavy atom. The third-order valence-electron chi connectivity index (χ3n) is 2.80. The molecule has 0 aromatic heterocycles. The van der Waals surface area contributed by atoms with Crippen molar-refractivity contribution in [3.63, 3.8) is 0 Å². The standard InChI is InChI=1S/C9H9O.C7H6O2.Na/c1-2-8-5-3-4-6-9(8)7-10;8-7(9)6-4-2-1-3-5-6;/h3-6H,2H2,1H3;1-5H,(H,8,9);. The zero-order valence-electron chi connectivity index (χ0n) is 11.7. The third kappa shape index (κ3) is 5.29. The summed E-state index contributed by atoms with van der Waals surface area (Å²) >= 11 is 0.621. The summed E-state index contributed by atoms with van der Waals surface area (Å²) in [6.07, 6.45) is 0.949. The number of carboxylic acids is 1. The molecule has 2 aromatic rings. The van der Waals surface area contributed by atoms with E-state index in [1.807, 2.05) is 24.3 Å². The Morgan fingerprint density at radius 3 is 1.95 bits per heavy atom. The minimum absolute atomic E-state index is 0.294. The van der Waals surface area contributed by atoms with E-state index < -0.39 is 5.97 Å².